The summed E-state index contributed by atoms with van der Waals surface area (Å²) in [6.07, 6.45) is 1.25. The van der Waals surface area contributed by atoms with Gasteiger partial charge in [0.25, 0.3) is 0 Å². The summed E-state index contributed by atoms with van der Waals surface area (Å²) in [5.41, 5.74) is 1.51. The number of hydrogen-bond acceptors (Lipinski definition) is 2. The lowest BCUT2D eigenvalue weighted by atomic mass is 10.2. The standard InChI is InChI=1S/C12H12BrFN2S/c1-7-5-9(14)12-8(11(7)13)6-10(15-12)17-16-3-2-4-16/h5-6,15H,2-4H2,1H3. The van der Waals surface area contributed by atoms with Crippen LogP contribution < -0.4 is 0 Å². The number of nitrogens with zero attached hydrogens (tertiary/aromatic N) is 1. The molecule has 17 heavy (non-hydrogen) atoms. The fourth-order valence-corrected chi connectivity index (χ4v) is 3.36. The van der Waals surface area contributed by atoms with E-state index in [4.69, 9.17) is 0 Å². The van der Waals surface area contributed by atoms with Gasteiger partial charge in [-0.3, -0.25) is 0 Å². The van der Waals surface area contributed by atoms with Gasteiger partial charge in [-0.05, 0) is 58.9 Å². The molecule has 5 heteroatoms. The Bertz CT molecular complexity index is 577. The number of benzene rings is 1. The third kappa shape index (κ3) is 2.00. The molecule has 1 aromatic carbocycles. The molecule has 1 fully saturated rings. The number of H-pyrrole nitrogens is 1. The van der Waals surface area contributed by atoms with Gasteiger partial charge in [0.1, 0.15) is 5.82 Å². The van der Waals surface area contributed by atoms with Gasteiger partial charge in [0.15, 0.2) is 0 Å². The Morgan fingerprint density at radius 1 is 1.41 bits per heavy atom. The van der Waals surface area contributed by atoms with Crippen LogP contribution in [-0.2, 0) is 0 Å². The van der Waals surface area contributed by atoms with Crippen LogP contribution in [0.5, 0.6) is 0 Å². The highest BCUT2D eigenvalue weighted by molar-refractivity contribution is 9.10. The first-order chi connectivity index (χ1) is 8.15. The molecule has 0 amide bonds. The molecule has 1 aliphatic rings. The largest absolute Gasteiger partial charge is 0.346 e. The Morgan fingerprint density at radius 2 is 2.18 bits per heavy atom. The van der Waals surface area contributed by atoms with Crippen molar-refractivity contribution < 1.29 is 4.39 Å². The van der Waals surface area contributed by atoms with Gasteiger partial charge >= 0.3 is 0 Å². The van der Waals surface area contributed by atoms with Crippen LogP contribution in [0.2, 0.25) is 0 Å². The van der Waals surface area contributed by atoms with Crippen molar-refractivity contribution in [2.24, 2.45) is 0 Å². The number of aryl methyl sites for hydroxylation is 1. The third-order valence-electron chi connectivity index (χ3n) is 3.00. The molecule has 3 rings (SSSR count). The maximum atomic E-state index is 13.8. The van der Waals surface area contributed by atoms with Crippen molar-refractivity contribution in [3.05, 3.63) is 28.0 Å². The van der Waals surface area contributed by atoms with Gasteiger partial charge in [-0.1, -0.05) is 0 Å². The van der Waals surface area contributed by atoms with Crippen molar-refractivity contribution in [2.75, 3.05) is 13.1 Å². The summed E-state index contributed by atoms with van der Waals surface area (Å²) in [5.74, 6) is -0.184. The van der Waals surface area contributed by atoms with Crippen molar-refractivity contribution in [2.45, 2.75) is 18.4 Å². The molecule has 1 aliphatic heterocycles. The van der Waals surface area contributed by atoms with Gasteiger partial charge in [0.2, 0.25) is 0 Å². The van der Waals surface area contributed by atoms with E-state index in [0.717, 1.165) is 33.5 Å². The Hall–Kier alpha value is -0.520. The van der Waals surface area contributed by atoms with Crippen LogP contribution in [0.15, 0.2) is 21.6 Å². The first-order valence-electron chi connectivity index (χ1n) is 5.55. The average molecular weight is 315 g/mol. The first-order valence-corrected chi connectivity index (χ1v) is 7.12. The van der Waals surface area contributed by atoms with Gasteiger partial charge < -0.3 is 4.98 Å². The first kappa shape index (κ1) is 11.6. The Kier molecular flexibility index (Phi) is 2.92. The second-order valence-corrected chi connectivity index (χ2v) is 6.22. The number of fused-ring (bicyclic) bond motifs is 1. The van der Waals surface area contributed by atoms with E-state index in [1.807, 2.05) is 13.0 Å². The quantitative estimate of drug-likeness (QED) is 0.842. The van der Waals surface area contributed by atoms with E-state index in [2.05, 4.69) is 25.2 Å². The van der Waals surface area contributed by atoms with E-state index in [0.29, 0.717) is 5.52 Å². The zero-order valence-electron chi connectivity index (χ0n) is 9.39. The lowest BCUT2D eigenvalue weighted by molar-refractivity contribution is 0.343. The van der Waals surface area contributed by atoms with Crippen LogP contribution in [0.3, 0.4) is 0 Å². The Labute approximate surface area is 112 Å². The van der Waals surface area contributed by atoms with Crippen LogP contribution >= 0.6 is 27.9 Å². The predicted molar refractivity (Wildman–Crippen MR) is 72.7 cm³/mol. The molecule has 2 heterocycles. The summed E-state index contributed by atoms with van der Waals surface area (Å²) in [7, 11) is 0. The van der Waals surface area contributed by atoms with Crippen molar-refractivity contribution in [3.63, 3.8) is 0 Å². The molecule has 0 atom stereocenters. The minimum Gasteiger partial charge on any atom is -0.346 e. The number of halogens is 2. The molecule has 0 saturated carbocycles. The number of hydrogen-bond donors (Lipinski definition) is 1. The lowest BCUT2D eigenvalue weighted by Crippen LogP contribution is -2.30. The van der Waals surface area contributed by atoms with E-state index >= 15 is 0 Å². The topological polar surface area (TPSA) is 19.0 Å². The molecule has 2 nitrogen and oxygen atoms in total. The van der Waals surface area contributed by atoms with Gasteiger partial charge in [-0.25, -0.2) is 8.70 Å². The van der Waals surface area contributed by atoms with Crippen molar-refractivity contribution >= 4 is 38.8 Å². The molecule has 0 aliphatic carbocycles. The molecule has 1 saturated heterocycles. The van der Waals surface area contributed by atoms with E-state index in [-0.39, 0.29) is 5.82 Å². The smallest absolute Gasteiger partial charge is 0.147 e. The molecule has 0 bridgehead atoms. The van der Waals surface area contributed by atoms with E-state index in [1.54, 1.807) is 18.0 Å². The van der Waals surface area contributed by atoms with Crippen LogP contribution in [-0.4, -0.2) is 22.4 Å². The maximum absolute atomic E-state index is 13.8. The molecule has 1 N–H and O–H groups in total. The zero-order valence-corrected chi connectivity index (χ0v) is 11.8. The van der Waals surface area contributed by atoms with Crippen LogP contribution in [0.25, 0.3) is 10.9 Å². The SMILES string of the molecule is Cc1cc(F)c2[nH]c(SN3CCC3)cc2c1Br. The number of aromatic nitrogens is 1. The summed E-state index contributed by atoms with van der Waals surface area (Å²) < 4.78 is 17.0. The van der Waals surface area contributed by atoms with Crippen molar-refractivity contribution in [1.29, 1.82) is 0 Å². The molecule has 0 radical (unpaired) electrons. The van der Waals surface area contributed by atoms with Crippen LogP contribution in [0, 0.1) is 12.7 Å². The normalized spacial score (nSPS) is 16.4. The number of aromatic amines is 1. The molecular weight excluding hydrogens is 303 g/mol. The molecule has 0 spiro atoms. The summed E-state index contributed by atoms with van der Waals surface area (Å²) in [6, 6.07) is 3.57. The van der Waals surface area contributed by atoms with Crippen molar-refractivity contribution in [3.8, 4) is 0 Å². The summed E-state index contributed by atoms with van der Waals surface area (Å²) in [4.78, 5) is 3.15. The van der Waals surface area contributed by atoms with Crippen LogP contribution in [0.1, 0.15) is 12.0 Å². The van der Waals surface area contributed by atoms with Gasteiger partial charge in [-0.15, -0.1) is 0 Å². The Balaban J connectivity index is 2.05. The second-order valence-electron chi connectivity index (χ2n) is 4.29. The minimum absolute atomic E-state index is 0.184. The number of nitrogens with one attached hydrogen (secondary N) is 1. The van der Waals surface area contributed by atoms with Gasteiger partial charge in [0, 0.05) is 22.9 Å². The van der Waals surface area contributed by atoms with Gasteiger partial charge in [0.05, 0.1) is 10.5 Å². The second kappa shape index (κ2) is 4.30. The van der Waals surface area contributed by atoms with Gasteiger partial charge in [-0.2, -0.15) is 0 Å². The zero-order chi connectivity index (χ0) is 12.0. The predicted octanol–water partition coefficient (Wildman–Crippen LogP) is 4.09. The summed E-state index contributed by atoms with van der Waals surface area (Å²) >= 11 is 5.19. The molecule has 90 valence electrons. The van der Waals surface area contributed by atoms with Crippen LogP contribution in [0.4, 0.5) is 4.39 Å². The summed E-state index contributed by atoms with van der Waals surface area (Å²) in [5, 5.41) is 1.93. The third-order valence-corrected chi connectivity index (χ3v) is 5.09. The fourth-order valence-electron chi connectivity index (χ4n) is 1.90. The molecule has 0 unspecified atom stereocenters. The van der Waals surface area contributed by atoms with Crippen molar-refractivity contribution in [1.82, 2.24) is 9.29 Å². The maximum Gasteiger partial charge on any atom is 0.147 e. The lowest BCUT2D eigenvalue weighted by Gasteiger charge is -2.28. The number of rotatable bonds is 2. The van der Waals surface area contributed by atoms with E-state index in [1.165, 1.54) is 6.42 Å². The molecule has 1 aromatic heterocycles. The minimum atomic E-state index is -0.184. The average Bonchev–Trinajstić information content (AvgIpc) is 2.65. The Morgan fingerprint density at radius 3 is 2.82 bits per heavy atom. The monoisotopic (exact) mass is 314 g/mol. The van der Waals surface area contributed by atoms with E-state index < -0.39 is 0 Å². The highest BCUT2D eigenvalue weighted by Crippen LogP contribution is 2.35. The van der Waals surface area contributed by atoms with E-state index in [9.17, 15) is 4.39 Å². The summed E-state index contributed by atoms with van der Waals surface area (Å²) in [6.45, 7) is 4.13. The fraction of sp³-hybridized carbons (Fsp3) is 0.333. The molecular formula is C12H12BrFN2S. The highest BCUT2D eigenvalue weighted by Gasteiger charge is 2.18. The highest BCUT2D eigenvalue weighted by atomic mass is 79.9. The molecule has 2 aromatic rings.